The fraction of sp³-hybridized carbons (Fsp3) is 0.0833. The minimum Gasteiger partial charge on any atom is -0.324 e. The van der Waals surface area contributed by atoms with E-state index in [9.17, 15) is 8.42 Å². The number of hydrogen-bond acceptors (Lipinski definition) is 5. The van der Waals surface area contributed by atoms with Crippen molar-refractivity contribution in [2.75, 3.05) is 10.0 Å². The molecule has 2 heterocycles. The van der Waals surface area contributed by atoms with Gasteiger partial charge in [-0.05, 0) is 36.3 Å². The normalized spacial score (nSPS) is 15.4. The Kier molecular flexibility index (Phi) is 4.99. The fourth-order valence-electron chi connectivity index (χ4n) is 3.60. The van der Waals surface area contributed by atoms with Crippen molar-refractivity contribution in [1.82, 2.24) is 14.8 Å². The third-order valence-electron chi connectivity index (χ3n) is 5.25. The van der Waals surface area contributed by atoms with Gasteiger partial charge in [-0.2, -0.15) is 4.98 Å². The highest BCUT2D eigenvalue weighted by molar-refractivity contribution is 7.92. The maximum Gasteiger partial charge on any atom is 0.264 e. The van der Waals surface area contributed by atoms with E-state index in [1.54, 1.807) is 22.9 Å². The Balaban J connectivity index is 1.55. The van der Waals surface area contributed by atoms with Gasteiger partial charge in [0, 0.05) is 5.70 Å². The zero-order valence-corrected chi connectivity index (χ0v) is 18.1. The third kappa shape index (κ3) is 3.88. The van der Waals surface area contributed by atoms with Gasteiger partial charge in [-0.1, -0.05) is 78.4 Å². The monoisotopic (exact) mass is 443 g/mol. The molecule has 0 bridgehead atoms. The van der Waals surface area contributed by atoms with E-state index in [2.05, 4.69) is 26.2 Å². The summed E-state index contributed by atoms with van der Waals surface area (Å²) in [6.07, 6.45) is 2.07. The van der Waals surface area contributed by atoms with Crippen molar-refractivity contribution in [2.24, 2.45) is 0 Å². The number of aryl methyl sites for hydroxylation is 1. The number of nitrogens with zero attached hydrogens (tertiary/aromatic N) is 3. The molecule has 4 aromatic rings. The average Bonchev–Trinajstić information content (AvgIpc) is 3.22. The van der Waals surface area contributed by atoms with Crippen LogP contribution >= 0.6 is 0 Å². The molecule has 7 nitrogen and oxygen atoms in total. The molecule has 1 aromatic heterocycles. The second-order valence-electron chi connectivity index (χ2n) is 7.55. The lowest BCUT2D eigenvalue weighted by atomic mass is 10.0. The molecule has 1 aliphatic rings. The largest absolute Gasteiger partial charge is 0.324 e. The number of allylic oxidation sites excluding steroid dienone is 1. The first-order valence-corrected chi connectivity index (χ1v) is 11.6. The van der Waals surface area contributed by atoms with Crippen molar-refractivity contribution in [3.63, 3.8) is 0 Å². The van der Waals surface area contributed by atoms with E-state index in [1.165, 1.54) is 12.1 Å². The summed E-state index contributed by atoms with van der Waals surface area (Å²) in [6, 6.07) is 26.0. The van der Waals surface area contributed by atoms with Gasteiger partial charge in [0.25, 0.3) is 16.0 Å². The molecule has 0 saturated heterocycles. The lowest BCUT2D eigenvalue weighted by Crippen LogP contribution is -2.20. The van der Waals surface area contributed by atoms with Gasteiger partial charge in [0.1, 0.15) is 6.04 Å². The number of sulfonamides is 1. The molecule has 0 aliphatic carbocycles. The van der Waals surface area contributed by atoms with Crippen molar-refractivity contribution >= 4 is 27.6 Å². The van der Waals surface area contributed by atoms with Gasteiger partial charge in [-0.25, -0.2) is 17.8 Å². The standard InChI is InChI=1S/C24H21N5O2S/c1-17-12-14-19(15-13-17)22-16-21(18-8-4-2-5-9-18)25-24-26-23(27-29(22)24)28-32(30,31)20-10-6-3-7-11-20/h2-16,22H,1H3,(H2,25,26,27,28). The van der Waals surface area contributed by atoms with Crippen LogP contribution in [-0.4, -0.2) is 23.2 Å². The Labute approximate surface area is 186 Å². The Morgan fingerprint density at radius 3 is 2.25 bits per heavy atom. The molecular formula is C24H21N5O2S. The van der Waals surface area contributed by atoms with Crippen LogP contribution in [0.15, 0.2) is 95.9 Å². The summed E-state index contributed by atoms with van der Waals surface area (Å²) >= 11 is 0. The first-order valence-electron chi connectivity index (χ1n) is 10.1. The number of fused-ring (bicyclic) bond motifs is 1. The number of nitrogens with one attached hydrogen (secondary N) is 2. The van der Waals surface area contributed by atoms with Crippen molar-refractivity contribution < 1.29 is 8.42 Å². The first-order chi connectivity index (χ1) is 15.5. The minimum absolute atomic E-state index is 0.0103. The average molecular weight is 444 g/mol. The summed E-state index contributed by atoms with van der Waals surface area (Å²) in [7, 11) is -3.80. The molecule has 160 valence electrons. The smallest absolute Gasteiger partial charge is 0.264 e. The van der Waals surface area contributed by atoms with Crippen LogP contribution in [0.1, 0.15) is 22.7 Å². The van der Waals surface area contributed by atoms with E-state index in [0.717, 1.165) is 22.4 Å². The molecule has 0 spiro atoms. The second-order valence-corrected chi connectivity index (χ2v) is 9.23. The van der Waals surface area contributed by atoms with Gasteiger partial charge >= 0.3 is 0 Å². The van der Waals surface area contributed by atoms with Crippen molar-refractivity contribution in [3.8, 4) is 0 Å². The summed E-state index contributed by atoms with van der Waals surface area (Å²) in [4.78, 5) is 4.59. The van der Waals surface area contributed by atoms with Gasteiger partial charge in [0.2, 0.25) is 5.95 Å². The van der Waals surface area contributed by atoms with Crippen LogP contribution in [-0.2, 0) is 10.0 Å². The molecule has 1 atom stereocenters. The highest BCUT2D eigenvalue weighted by atomic mass is 32.2. The minimum atomic E-state index is -3.80. The molecule has 0 saturated carbocycles. The second kappa shape index (κ2) is 7.97. The van der Waals surface area contributed by atoms with E-state index in [1.807, 2.05) is 61.5 Å². The Morgan fingerprint density at radius 2 is 1.56 bits per heavy atom. The summed E-state index contributed by atoms with van der Waals surface area (Å²) < 4.78 is 29.7. The molecule has 1 aliphatic heterocycles. The number of anilines is 2. The number of aromatic nitrogens is 3. The third-order valence-corrected chi connectivity index (χ3v) is 6.59. The van der Waals surface area contributed by atoms with E-state index >= 15 is 0 Å². The molecule has 0 amide bonds. The van der Waals surface area contributed by atoms with E-state index in [-0.39, 0.29) is 16.9 Å². The summed E-state index contributed by atoms with van der Waals surface area (Å²) in [6.45, 7) is 2.04. The molecular weight excluding hydrogens is 422 g/mol. The van der Waals surface area contributed by atoms with Crippen molar-refractivity contribution in [2.45, 2.75) is 17.9 Å². The van der Waals surface area contributed by atoms with Crippen LogP contribution in [0.2, 0.25) is 0 Å². The van der Waals surface area contributed by atoms with Crippen LogP contribution in [0.4, 0.5) is 11.9 Å². The Morgan fingerprint density at radius 1 is 0.906 bits per heavy atom. The molecule has 8 heteroatoms. The number of benzene rings is 3. The van der Waals surface area contributed by atoms with Gasteiger partial charge < -0.3 is 5.32 Å². The molecule has 1 unspecified atom stereocenters. The van der Waals surface area contributed by atoms with E-state index in [0.29, 0.717) is 5.95 Å². The zero-order chi connectivity index (χ0) is 22.1. The lowest BCUT2D eigenvalue weighted by molar-refractivity contribution is 0.598. The maximum absolute atomic E-state index is 12.8. The highest BCUT2D eigenvalue weighted by Crippen LogP contribution is 2.33. The zero-order valence-electron chi connectivity index (χ0n) is 17.3. The number of hydrogen-bond donors (Lipinski definition) is 2. The van der Waals surface area contributed by atoms with E-state index in [4.69, 9.17) is 0 Å². The van der Waals surface area contributed by atoms with Crippen LogP contribution < -0.4 is 10.0 Å². The Hall–Kier alpha value is -3.91. The van der Waals surface area contributed by atoms with Crippen LogP contribution in [0, 0.1) is 6.92 Å². The summed E-state index contributed by atoms with van der Waals surface area (Å²) in [5.74, 6) is 0.471. The van der Waals surface area contributed by atoms with Crippen molar-refractivity contribution in [3.05, 3.63) is 108 Å². The topological polar surface area (TPSA) is 88.9 Å². The Bertz CT molecular complexity index is 1380. The molecule has 32 heavy (non-hydrogen) atoms. The van der Waals surface area contributed by atoms with Crippen LogP contribution in [0.25, 0.3) is 5.70 Å². The van der Waals surface area contributed by atoms with Crippen molar-refractivity contribution in [1.29, 1.82) is 0 Å². The number of rotatable bonds is 5. The van der Waals surface area contributed by atoms with Crippen LogP contribution in [0.3, 0.4) is 0 Å². The SMILES string of the molecule is Cc1ccc(C2C=C(c3ccccc3)Nc3nc(NS(=O)(=O)c4ccccc4)nn32)cc1. The highest BCUT2D eigenvalue weighted by Gasteiger charge is 2.27. The van der Waals surface area contributed by atoms with Gasteiger partial charge in [0.05, 0.1) is 4.90 Å². The predicted octanol–water partition coefficient (Wildman–Crippen LogP) is 4.44. The van der Waals surface area contributed by atoms with Gasteiger partial charge in [-0.3, -0.25) is 0 Å². The fourth-order valence-corrected chi connectivity index (χ4v) is 4.56. The summed E-state index contributed by atoms with van der Waals surface area (Å²) in [5, 5.41) is 7.76. The van der Waals surface area contributed by atoms with E-state index < -0.39 is 10.0 Å². The molecule has 2 N–H and O–H groups in total. The predicted molar refractivity (Wildman–Crippen MR) is 125 cm³/mol. The lowest BCUT2D eigenvalue weighted by Gasteiger charge is -2.24. The quantitative estimate of drug-likeness (QED) is 0.476. The molecule has 5 rings (SSSR count). The summed E-state index contributed by atoms with van der Waals surface area (Å²) in [5.41, 5.74) is 4.07. The molecule has 3 aromatic carbocycles. The molecule has 0 fully saturated rings. The van der Waals surface area contributed by atoms with Gasteiger partial charge in [0.15, 0.2) is 0 Å². The van der Waals surface area contributed by atoms with Crippen LogP contribution in [0.5, 0.6) is 0 Å². The first kappa shape index (κ1) is 20.0. The molecule has 0 radical (unpaired) electrons. The maximum atomic E-state index is 12.8. The van der Waals surface area contributed by atoms with Gasteiger partial charge in [-0.15, -0.1) is 5.10 Å².